The molecule has 0 spiro atoms. The van der Waals surface area contributed by atoms with E-state index in [0.29, 0.717) is 0 Å². The summed E-state index contributed by atoms with van der Waals surface area (Å²) in [4.78, 5) is 0. The van der Waals surface area contributed by atoms with Crippen molar-refractivity contribution in [2.45, 2.75) is 0 Å². The Labute approximate surface area is 181 Å². The molecular weight excluding hydrogens is 396 g/mol. The normalized spacial score (nSPS) is 17.7. The number of para-hydroxylation sites is 1. The molecule has 0 fully saturated rings. The van der Waals surface area contributed by atoms with Gasteiger partial charge in [0.05, 0.1) is 0 Å². The molecule has 0 bridgehead atoms. The van der Waals surface area contributed by atoms with Crippen LogP contribution in [0.25, 0.3) is 10.8 Å². The zero-order valence-corrected chi connectivity index (χ0v) is 17.7. The van der Waals surface area contributed by atoms with Gasteiger partial charge in [-0.05, 0) is 39.1 Å². The van der Waals surface area contributed by atoms with Gasteiger partial charge in [0, 0.05) is 10.6 Å². The van der Waals surface area contributed by atoms with Crippen molar-refractivity contribution in [1.29, 1.82) is 0 Å². The molecule has 146 valence electrons. The number of hydrogen-bond acceptors (Lipinski definition) is 2. The maximum atomic E-state index is 6.65. The Balaban J connectivity index is 1.73. The molecule has 2 aliphatic heterocycles. The highest BCUT2D eigenvalue weighted by Crippen LogP contribution is 2.40. The van der Waals surface area contributed by atoms with E-state index in [4.69, 9.17) is 9.47 Å². The Morgan fingerprint density at radius 2 is 1.19 bits per heavy atom. The van der Waals surface area contributed by atoms with Gasteiger partial charge in [0.15, 0.2) is 8.07 Å². The van der Waals surface area contributed by atoms with Gasteiger partial charge in [0.25, 0.3) is 0 Å². The van der Waals surface area contributed by atoms with E-state index in [0.717, 1.165) is 28.4 Å². The number of ether oxygens (including phenoxy) is 2. The summed E-state index contributed by atoms with van der Waals surface area (Å²) >= 11 is 0. The lowest BCUT2D eigenvalue weighted by molar-refractivity contribution is 0.466. The maximum Gasteiger partial charge on any atom is 0.197 e. The smallest absolute Gasteiger partial charge is 0.197 e. The highest BCUT2D eigenvalue weighted by atomic mass is 28.3. The number of benzene rings is 5. The molecule has 3 heteroatoms. The molecule has 2 aliphatic rings. The second-order valence-electron chi connectivity index (χ2n) is 8.11. The Bertz CT molecular complexity index is 1490. The van der Waals surface area contributed by atoms with Gasteiger partial charge in [-0.15, -0.1) is 0 Å². The highest BCUT2D eigenvalue weighted by molar-refractivity contribution is 7.21. The minimum absolute atomic E-state index is 0.908. The lowest BCUT2D eigenvalue weighted by Gasteiger charge is -2.43. The fourth-order valence-electron chi connectivity index (χ4n) is 5.35. The molecule has 0 amide bonds. The summed E-state index contributed by atoms with van der Waals surface area (Å²) in [6.07, 6.45) is 0. The third-order valence-corrected chi connectivity index (χ3v) is 11.4. The summed E-state index contributed by atoms with van der Waals surface area (Å²) in [5.74, 6) is 3.75. The molecule has 0 saturated heterocycles. The SMILES string of the molecule is c1ccc([Si]23c4ccccc4Oc4cccc(c42)Oc2c3ccc3ccccc23)cc1. The molecule has 1 atom stereocenters. The summed E-state index contributed by atoms with van der Waals surface area (Å²) in [5, 5.41) is 7.47. The molecule has 31 heavy (non-hydrogen) atoms. The molecule has 2 nitrogen and oxygen atoms in total. The van der Waals surface area contributed by atoms with Crippen molar-refractivity contribution in [2.24, 2.45) is 0 Å². The van der Waals surface area contributed by atoms with E-state index in [1.54, 1.807) is 0 Å². The zero-order chi connectivity index (χ0) is 20.4. The average Bonchev–Trinajstić information content (AvgIpc) is 2.84. The summed E-state index contributed by atoms with van der Waals surface area (Å²) in [6.45, 7) is 0. The maximum absolute atomic E-state index is 6.65. The Morgan fingerprint density at radius 1 is 0.484 bits per heavy atom. The van der Waals surface area contributed by atoms with E-state index in [1.165, 1.54) is 26.1 Å². The predicted molar refractivity (Wildman–Crippen MR) is 128 cm³/mol. The van der Waals surface area contributed by atoms with Crippen molar-refractivity contribution in [3.8, 4) is 23.0 Å². The van der Waals surface area contributed by atoms with E-state index in [9.17, 15) is 0 Å². The Morgan fingerprint density at radius 3 is 2.10 bits per heavy atom. The van der Waals surface area contributed by atoms with Crippen LogP contribution >= 0.6 is 0 Å². The van der Waals surface area contributed by atoms with Crippen LogP contribution < -0.4 is 30.2 Å². The molecule has 0 aromatic heterocycles. The second kappa shape index (κ2) is 6.09. The summed E-state index contributed by atoms with van der Waals surface area (Å²) in [6, 6.07) is 38.7. The van der Waals surface area contributed by atoms with Crippen molar-refractivity contribution in [2.75, 3.05) is 0 Å². The van der Waals surface area contributed by atoms with Crippen LogP contribution in [-0.4, -0.2) is 8.07 Å². The monoisotopic (exact) mass is 414 g/mol. The first-order valence-electron chi connectivity index (χ1n) is 10.5. The van der Waals surface area contributed by atoms with Crippen LogP contribution in [-0.2, 0) is 0 Å². The van der Waals surface area contributed by atoms with Gasteiger partial charge in [-0.3, -0.25) is 0 Å². The molecule has 0 aliphatic carbocycles. The first-order chi connectivity index (χ1) is 15.4. The van der Waals surface area contributed by atoms with Crippen molar-refractivity contribution in [3.63, 3.8) is 0 Å². The van der Waals surface area contributed by atoms with E-state index < -0.39 is 8.07 Å². The first-order valence-corrected chi connectivity index (χ1v) is 12.5. The van der Waals surface area contributed by atoms with Crippen LogP contribution in [0.5, 0.6) is 23.0 Å². The van der Waals surface area contributed by atoms with E-state index >= 15 is 0 Å². The summed E-state index contributed by atoms with van der Waals surface area (Å²) in [7, 11) is -2.62. The summed E-state index contributed by atoms with van der Waals surface area (Å²) in [5.41, 5.74) is 0. The minimum Gasteiger partial charge on any atom is -0.457 e. The van der Waals surface area contributed by atoms with Gasteiger partial charge in [-0.2, -0.15) is 0 Å². The predicted octanol–water partition coefficient (Wildman–Crippen LogP) is 4.43. The van der Waals surface area contributed by atoms with Gasteiger partial charge in [-0.1, -0.05) is 91.0 Å². The molecular formula is C28H18O2Si. The highest BCUT2D eigenvalue weighted by Gasteiger charge is 2.53. The molecule has 0 radical (unpaired) electrons. The van der Waals surface area contributed by atoms with Gasteiger partial charge in [0.2, 0.25) is 0 Å². The van der Waals surface area contributed by atoms with Gasteiger partial charge >= 0.3 is 0 Å². The van der Waals surface area contributed by atoms with Crippen LogP contribution in [0.15, 0.2) is 109 Å². The van der Waals surface area contributed by atoms with Crippen LogP contribution in [0.3, 0.4) is 0 Å². The van der Waals surface area contributed by atoms with Crippen LogP contribution in [0, 0.1) is 0 Å². The van der Waals surface area contributed by atoms with Gasteiger partial charge in [-0.25, -0.2) is 0 Å². The lowest BCUT2D eigenvalue weighted by atomic mass is 10.1. The van der Waals surface area contributed by atoms with Crippen molar-refractivity contribution >= 4 is 39.6 Å². The third-order valence-electron chi connectivity index (χ3n) is 6.58. The Hall–Kier alpha value is -3.82. The fourth-order valence-corrected chi connectivity index (χ4v) is 10.5. The van der Waals surface area contributed by atoms with Crippen LogP contribution in [0.1, 0.15) is 0 Å². The third kappa shape index (κ3) is 2.11. The molecule has 7 rings (SSSR count). The van der Waals surface area contributed by atoms with Crippen molar-refractivity contribution in [3.05, 3.63) is 109 Å². The van der Waals surface area contributed by atoms with E-state index in [1.807, 2.05) is 6.07 Å². The standard InChI is InChI=1S/C28H18O2Si/c1-2-10-20(11-3-1)31-25-16-7-6-13-22(25)29-23-14-8-15-24(28(23)31)30-27-21-12-5-4-9-19(21)17-18-26(27)31/h1-18H. The number of rotatable bonds is 1. The topological polar surface area (TPSA) is 18.5 Å². The summed E-state index contributed by atoms with van der Waals surface area (Å²) < 4.78 is 13.1. The van der Waals surface area contributed by atoms with Gasteiger partial charge < -0.3 is 9.47 Å². The molecule has 5 aromatic carbocycles. The Kier molecular flexibility index (Phi) is 3.33. The average molecular weight is 415 g/mol. The van der Waals surface area contributed by atoms with E-state index in [-0.39, 0.29) is 0 Å². The van der Waals surface area contributed by atoms with E-state index in [2.05, 4.69) is 103 Å². The van der Waals surface area contributed by atoms with Crippen molar-refractivity contribution in [1.82, 2.24) is 0 Å². The molecule has 0 saturated carbocycles. The molecule has 2 heterocycles. The number of hydrogen-bond donors (Lipinski definition) is 0. The minimum atomic E-state index is -2.62. The molecule has 0 N–H and O–H groups in total. The van der Waals surface area contributed by atoms with Crippen LogP contribution in [0.2, 0.25) is 0 Å². The number of fused-ring (bicyclic) bond motifs is 6. The van der Waals surface area contributed by atoms with Crippen LogP contribution in [0.4, 0.5) is 0 Å². The zero-order valence-electron chi connectivity index (χ0n) is 16.7. The lowest BCUT2D eigenvalue weighted by Crippen LogP contribution is -2.77. The van der Waals surface area contributed by atoms with Crippen molar-refractivity contribution < 1.29 is 9.47 Å². The molecule has 5 aromatic rings. The quantitative estimate of drug-likeness (QED) is 0.370. The first kappa shape index (κ1) is 16.9. The second-order valence-corrected chi connectivity index (χ2v) is 11.8. The largest absolute Gasteiger partial charge is 0.457 e. The van der Waals surface area contributed by atoms with Gasteiger partial charge in [0.1, 0.15) is 23.0 Å². The fraction of sp³-hybridized carbons (Fsp3) is 0. The molecule has 1 unspecified atom stereocenters.